The number of nitrogen functional groups attached to an aromatic ring is 1. The van der Waals surface area contributed by atoms with Crippen LogP contribution in [0, 0.1) is 0 Å². The van der Waals surface area contributed by atoms with E-state index in [-0.39, 0.29) is 18.1 Å². The van der Waals surface area contributed by atoms with Crippen LogP contribution in [-0.4, -0.2) is 76.1 Å². The van der Waals surface area contributed by atoms with Gasteiger partial charge in [-0.1, -0.05) is 0 Å². The normalized spacial score (nSPS) is 21.4. The fraction of sp³-hybridized carbons (Fsp3) is 0.458. The van der Waals surface area contributed by atoms with Gasteiger partial charge >= 0.3 is 0 Å². The molecule has 2 aromatic heterocycles. The second kappa shape index (κ2) is 9.76. The minimum absolute atomic E-state index is 0.0476. The minimum atomic E-state index is -0.133. The van der Waals surface area contributed by atoms with Crippen LogP contribution < -0.4 is 20.7 Å². The van der Waals surface area contributed by atoms with Crippen molar-refractivity contribution in [2.45, 2.75) is 37.8 Å². The molecule has 10 nitrogen and oxygen atoms in total. The van der Waals surface area contributed by atoms with E-state index >= 15 is 0 Å². The summed E-state index contributed by atoms with van der Waals surface area (Å²) in [7, 11) is 2.11. The van der Waals surface area contributed by atoms with Gasteiger partial charge in [0.2, 0.25) is 5.95 Å². The Morgan fingerprint density at radius 2 is 1.71 bits per heavy atom. The van der Waals surface area contributed by atoms with Gasteiger partial charge in [-0.05, 0) is 38.8 Å². The third-order valence-electron chi connectivity index (χ3n) is 6.55. The fourth-order valence-corrected chi connectivity index (χ4v) is 4.53. The van der Waals surface area contributed by atoms with Crippen molar-refractivity contribution in [2.75, 3.05) is 43.9 Å². The van der Waals surface area contributed by atoms with Crippen LogP contribution in [0.4, 0.5) is 11.6 Å². The monoisotopic (exact) mass is 462 g/mol. The molecule has 1 saturated heterocycles. The van der Waals surface area contributed by atoms with Gasteiger partial charge in [0.25, 0.3) is 5.91 Å². The van der Waals surface area contributed by atoms with Gasteiger partial charge in [-0.3, -0.25) is 9.78 Å². The molecule has 1 amide bonds. The molecule has 0 unspecified atom stereocenters. The molecule has 3 N–H and O–H groups in total. The maximum atomic E-state index is 12.7. The van der Waals surface area contributed by atoms with Crippen molar-refractivity contribution < 1.29 is 9.53 Å². The minimum Gasteiger partial charge on any atom is -0.488 e. The van der Waals surface area contributed by atoms with Crippen LogP contribution in [0.1, 0.15) is 36.0 Å². The van der Waals surface area contributed by atoms with Gasteiger partial charge in [-0.25, -0.2) is 15.0 Å². The number of likely N-dealkylation sites (N-methyl/N-ethyl adjacent to an activating group) is 1. The lowest BCUT2D eigenvalue weighted by molar-refractivity contribution is 0.0894. The van der Waals surface area contributed by atoms with E-state index in [1.165, 1.54) is 0 Å². The molecule has 3 aromatic rings. The first kappa shape index (κ1) is 22.3. The quantitative estimate of drug-likeness (QED) is 0.547. The Morgan fingerprint density at radius 1 is 1.00 bits per heavy atom. The Kier molecular flexibility index (Phi) is 6.39. The topological polar surface area (TPSA) is 122 Å². The first-order valence-corrected chi connectivity index (χ1v) is 11.8. The van der Waals surface area contributed by atoms with E-state index < -0.39 is 0 Å². The Morgan fingerprint density at radius 3 is 2.44 bits per heavy atom. The third-order valence-corrected chi connectivity index (χ3v) is 6.55. The Hall–Kier alpha value is -3.53. The molecule has 34 heavy (non-hydrogen) atoms. The van der Waals surface area contributed by atoms with Crippen molar-refractivity contribution in [1.82, 2.24) is 30.2 Å². The van der Waals surface area contributed by atoms with Crippen LogP contribution in [-0.2, 0) is 0 Å². The van der Waals surface area contributed by atoms with Crippen LogP contribution in [0.25, 0.3) is 11.0 Å². The number of hydrogen-bond donors (Lipinski definition) is 2. The van der Waals surface area contributed by atoms with Crippen molar-refractivity contribution in [3.63, 3.8) is 0 Å². The molecular formula is C24H30N8O2. The molecule has 2 aliphatic rings. The Balaban J connectivity index is 1.13. The number of nitrogens with zero attached hydrogens (tertiary/aromatic N) is 6. The largest absolute Gasteiger partial charge is 0.488 e. The molecule has 3 heterocycles. The van der Waals surface area contributed by atoms with Gasteiger partial charge in [-0.2, -0.15) is 0 Å². The molecule has 0 bridgehead atoms. The first-order valence-electron chi connectivity index (χ1n) is 11.8. The number of anilines is 2. The van der Waals surface area contributed by atoms with Crippen LogP contribution >= 0.6 is 0 Å². The Labute approximate surface area is 198 Å². The highest BCUT2D eigenvalue weighted by atomic mass is 16.5. The maximum absolute atomic E-state index is 12.7. The summed E-state index contributed by atoms with van der Waals surface area (Å²) in [5.74, 6) is 1.21. The number of hydrogen-bond acceptors (Lipinski definition) is 9. The first-order chi connectivity index (χ1) is 16.5. The number of amides is 1. The summed E-state index contributed by atoms with van der Waals surface area (Å²) in [5.41, 5.74) is 8.53. The van der Waals surface area contributed by atoms with Gasteiger partial charge in [0.1, 0.15) is 11.3 Å². The summed E-state index contributed by atoms with van der Waals surface area (Å²) in [6, 6.07) is 3.70. The molecule has 1 aromatic carbocycles. The summed E-state index contributed by atoms with van der Waals surface area (Å²) in [5, 5.41) is 3.13. The SMILES string of the molecule is CN1CCN(c2ncc(C(=O)NC3CCC(Oc4cc(N)cc5nccnc45)CC3)cn2)CC1. The number of carbonyl (C=O) groups excluding carboxylic acids is 1. The number of ether oxygens (including phenoxy) is 1. The zero-order valence-electron chi connectivity index (χ0n) is 19.4. The van der Waals surface area contributed by atoms with E-state index in [0.717, 1.165) is 57.4 Å². The molecule has 0 atom stereocenters. The van der Waals surface area contributed by atoms with Crippen molar-refractivity contribution in [1.29, 1.82) is 0 Å². The molecular weight excluding hydrogens is 432 g/mol. The standard InChI is InChI=1S/C24H30N8O2/c1-31-8-10-32(11-9-31)24-28-14-16(15-29-24)23(33)30-18-2-4-19(5-3-18)34-21-13-17(25)12-20-22(21)27-7-6-26-20/h6-7,12-15,18-19H,2-5,8-11,25H2,1H3,(H,30,33). The number of piperazine rings is 1. The summed E-state index contributed by atoms with van der Waals surface area (Å²) in [6.07, 6.45) is 9.93. The highest BCUT2D eigenvalue weighted by molar-refractivity contribution is 5.93. The smallest absolute Gasteiger partial charge is 0.254 e. The molecule has 1 aliphatic carbocycles. The molecule has 1 saturated carbocycles. The molecule has 2 fully saturated rings. The van der Waals surface area contributed by atoms with Gasteiger partial charge in [0, 0.05) is 68.8 Å². The van der Waals surface area contributed by atoms with E-state index in [0.29, 0.717) is 28.5 Å². The van der Waals surface area contributed by atoms with Crippen LogP contribution in [0.15, 0.2) is 36.9 Å². The predicted octanol–water partition coefficient (Wildman–Crippen LogP) is 1.87. The van der Waals surface area contributed by atoms with E-state index in [1.54, 1.807) is 36.9 Å². The lowest BCUT2D eigenvalue weighted by atomic mass is 9.92. The summed E-state index contributed by atoms with van der Waals surface area (Å²) in [6.45, 7) is 3.76. The van der Waals surface area contributed by atoms with Gasteiger partial charge in [0.15, 0.2) is 0 Å². The van der Waals surface area contributed by atoms with Crippen molar-refractivity contribution in [3.05, 3.63) is 42.5 Å². The van der Waals surface area contributed by atoms with Crippen LogP contribution in [0.3, 0.4) is 0 Å². The van der Waals surface area contributed by atoms with Gasteiger partial charge in [0.05, 0.1) is 17.2 Å². The van der Waals surface area contributed by atoms with Crippen molar-refractivity contribution in [3.8, 4) is 5.75 Å². The third kappa shape index (κ3) is 5.01. The number of nitrogens with one attached hydrogen (secondary N) is 1. The number of benzene rings is 1. The van der Waals surface area contributed by atoms with Gasteiger partial charge in [-0.15, -0.1) is 0 Å². The molecule has 0 radical (unpaired) electrons. The van der Waals surface area contributed by atoms with E-state index in [4.69, 9.17) is 10.5 Å². The number of fused-ring (bicyclic) bond motifs is 1. The molecule has 1 aliphatic heterocycles. The van der Waals surface area contributed by atoms with E-state index in [1.807, 2.05) is 0 Å². The molecule has 0 spiro atoms. The number of carbonyl (C=O) groups is 1. The highest BCUT2D eigenvalue weighted by Gasteiger charge is 2.25. The predicted molar refractivity (Wildman–Crippen MR) is 130 cm³/mol. The maximum Gasteiger partial charge on any atom is 0.254 e. The average Bonchev–Trinajstić information content (AvgIpc) is 2.86. The fourth-order valence-electron chi connectivity index (χ4n) is 4.53. The molecule has 10 heteroatoms. The van der Waals surface area contributed by atoms with Crippen LogP contribution in [0.5, 0.6) is 5.75 Å². The van der Waals surface area contributed by atoms with Crippen molar-refractivity contribution in [2.24, 2.45) is 0 Å². The number of nitrogens with two attached hydrogens (primary N) is 1. The number of rotatable bonds is 5. The second-order valence-corrected chi connectivity index (χ2v) is 9.07. The van der Waals surface area contributed by atoms with E-state index in [2.05, 4.69) is 42.1 Å². The lowest BCUT2D eigenvalue weighted by Crippen LogP contribution is -2.45. The zero-order valence-corrected chi connectivity index (χ0v) is 19.4. The van der Waals surface area contributed by atoms with Crippen molar-refractivity contribution >= 4 is 28.6 Å². The lowest BCUT2D eigenvalue weighted by Gasteiger charge is -2.32. The zero-order chi connectivity index (χ0) is 23.5. The summed E-state index contributed by atoms with van der Waals surface area (Å²) < 4.78 is 6.24. The molecule has 178 valence electrons. The summed E-state index contributed by atoms with van der Waals surface area (Å²) >= 11 is 0. The summed E-state index contributed by atoms with van der Waals surface area (Å²) in [4.78, 5) is 34.7. The molecule has 5 rings (SSSR count). The van der Waals surface area contributed by atoms with Crippen LogP contribution in [0.2, 0.25) is 0 Å². The van der Waals surface area contributed by atoms with E-state index in [9.17, 15) is 4.79 Å². The highest BCUT2D eigenvalue weighted by Crippen LogP contribution is 2.30. The number of aromatic nitrogens is 4. The van der Waals surface area contributed by atoms with Gasteiger partial charge < -0.3 is 25.6 Å². The average molecular weight is 463 g/mol. The Bertz CT molecular complexity index is 1140. The second-order valence-electron chi connectivity index (χ2n) is 9.07.